The third-order valence-corrected chi connectivity index (χ3v) is 6.30. The number of nitrogens with zero attached hydrogens (tertiary/aromatic N) is 6. The normalized spacial score (nSPS) is 20.2. The lowest BCUT2D eigenvalue weighted by atomic mass is 10.0. The number of benzene rings is 1. The highest BCUT2D eigenvalue weighted by Gasteiger charge is 2.33. The predicted octanol–water partition coefficient (Wildman–Crippen LogP) is 1.98. The third-order valence-electron chi connectivity index (χ3n) is 6.30. The van der Waals surface area contributed by atoms with E-state index in [-0.39, 0.29) is 6.04 Å². The van der Waals surface area contributed by atoms with E-state index in [4.69, 9.17) is 9.47 Å². The lowest BCUT2D eigenvalue weighted by molar-refractivity contribution is 0.0763. The Morgan fingerprint density at radius 1 is 1.03 bits per heavy atom. The number of tetrazole rings is 1. The van der Waals surface area contributed by atoms with E-state index in [9.17, 15) is 0 Å². The van der Waals surface area contributed by atoms with Crippen molar-refractivity contribution < 1.29 is 9.47 Å². The first-order valence-electron chi connectivity index (χ1n) is 10.7. The predicted molar refractivity (Wildman–Crippen MR) is 110 cm³/mol. The van der Waals surface area contributed by atoms with Crippen LogP contribution in [0.5, 0.6) is 5.75 Å². The van der Waals surface area contributed by atoms with Crippen molar-refractivity contribution in [3.8, 4) is 5.75 Å². The Kier molecular flexibility index (Phi) is 6.74. The summed E-state index contributed by atoms with van der Waals surface area (Å²) >= 11 is 0. The van der Waals surface area contributed by atoms with Crippen LogP contribution in [0.4, 0.5) is 0 Å². The van der Waals surface area contributed by atoms with Crippen LogP contribution in [0.15, 0.2) is 24.3 Å². The van der Waals surface area contributed by atoms with Gasteiger partial charge in [0.1, 0.15) is 5.75 Å². The minimum absolute atomic E-state index is 0.0264. The van der Waals surface area contributed by atoms with Gasteiger partial charge in [0, 0.05) is 39.3 Å². The summed E-state index contributed by atoms with van der Waals surface area (Å²) in [5.41, 5.74) is 1.19. The van der Waals surface area contributed by atoms with Gasteiger partial charge in [-0.05, 0) is 41.0 Å². The number of aromatic nitrogens is 4. The van der Waals surface area contributed by atoms with Crippen LogP contribution < -0.4 is 4.74 Å². The summed E-state index contributed by atoms with van der Waals surface area (Å²) in [6.45, 7) is 5.49. The van der Waals surface area contributed by atoms with Crippen molar-refractivity contribution in [2.24, 2.45) is 0 Å². The van der Waals surface area contributed by atoms with Gasteiger partial charge in [0.15, 0.2) is 5.82 Å². The highest BCUT2D eigenvalue weighted by Crippen LogP contribution is 2.31. The molecule has 0 amide bonds. The lowest BCUT2D eigenvalue weighted by Gasteiger charge is -2.41. The smallest absolute Gasteiger partial charge is 0.173 e. The molecule has 2 aliphatic rings. The first-order valence-corrected chi connectivity index (χ1v) is 10.7. The molecule has 8 nitrogen and oxygen atoms in total. The average molecular weight is 401 g/mol. The molecule has 0 N–H and O–H groups in total. The Hall–Kier alpha value is -2.03. The molecule has 0 spiro atoms. The number of piperazine rings is 1. The van der Waals surface area contributed by atoms with Crippen LogP contribution in [0, 0.1) is 0 Å². The van der Waals surface area contributed by atoms with E-state index in [1.54, 1.807) is 14.2 Å². The summed E-state index contributed by atoms with van der Waals surface area (Å²) in [5.74, 6) is 1.74. The lowest BCUT2D eigenvalue weighted by Crippen LogP contribution is -2.51. The maximum atomic E-state index is 5.35. The van der Waals surface area contributed by atoms with Crippen molar-refractivity contribution in [3.63, 3.8) is 0 Å². The molecule has 1 aliphatic carbocycles. The second kappa shape index (κ2) is 9.65. The van der Waals surface area contributed by atoms with Crippen LogP contribution in [0.2, 0.25) is 0 Å². The molecule has 0 radical (unpaired) electrons. The highest BCUT2D eigenvalue weighted by molar-refractivity contribution is 5.32. The summed E-state index contributed by atoms with van der Waals surface area (Å²) in [7, 11) is 3.40. The Morgan fingerprint density at radius 2 is 1.76 bits per heavy atom. The van der Waals surface area contributed by atoms with Crippen LogP contribution in [0.3, 0.4) is 0 Å². The SMILES string of the molecule is COCCn1nnnc1C(c1ccc(OC)cc1)N1CCN(C2CCCC2)CC1. The quantitative estimate of drug-likeness (QED) is 0.671. The van der Waals surface area contributed by atoms with Gasteiger partial charge in [-0.1, -0.05) is 25.0 Å². The summed E-state index contributed by atoms with van der Waals surface area (Å²) in [6.07, 6.45) is 5.48. The van der Waals surface area contributed by atoms with Gasteiger partial charge in [-0.3, -0.25) is 9.80 Å². The number of methoxy groups -OCH3 is 2. The van der Waals surface area contributed by atoms with Crippen molar-refractivity contribution in [1.29, 1.82) is 0 Å². The molecule has 8 heteroatoms. The molecular formula is C21H32N6O2. The molecule has 1 aromatic heterocycles. The molecular weight excluding hydrogens is 368 g/mol. The highest BCUT2D eigenvalue weighted by atomic mass is 16.5. The van der Waals surface area contributed by atoms with Crippen molar-refractivity contribution >= 4 is 0 Å². The number of hydrogen-bond acceptors (Lipinski definition) is 7. The van der Waals surface area contributed by atoms with E-state index in [2.05, 4.69) is 37.5 Å². The van der Waals surface area contributed by atoms with Crippen LogP contribution in [-0.4, -0.2) is 83.1 Å². The monoisotopic (exact) mass is 400 g/mol. The Bertz CT molecular complexity index is 751. The fourth-order valence-corrected chi connectivity index (χ4v) is 4.68. The van der Waals surface area contributed by atoms with Gasteiger partial charge in [0.2, 0.25) is 0 Å². The molecule has 158 valence electrons. The molecule has 2 heterocycles. The van der Waals surface area contributed by atoms with Crippen molar-refractivity contribution in [1.82, 2.24) is 30.0 Å². The topological polar surface area (TPSA) is 68.5 Å². The van der Waals surface area contributed by atoms with Gasteiger partial charge in [-0.25, -0.2) is 4.68 Å². The molecule has 2 fully saturated rings. The number of ether oxygens (including phenoxy) is 2. The molecule has 1 aromatic carbocycles. The average Bonchev–Trinajstić information content (AvgIpc) is 3.46. The zero-order chi connectivity index (χ0) is 20.1. The largest absolute Gasteiger partial charge is 0.497 e. The third kappa shape index (κ3) is 4.60. The first-order chi connectivity index (χ1) is 14.3. The maximum absolute atomic E-state index is 5.35. The van der Waals surface area contributed by atoms with Crippen LogP contribution in [0.25, 0.3) is 0 Å². The first kappa shape index (κ1) is 20.3. The Morgan fingerprint density at radius 3 is 2.41 bits per heavy atom. The minimum atomic E-state index is 0.0264. The minimum Gasteiger partial charge on any atom is -0.497 e. The number of rotatable bonds is 8. The fourth-order valence-electron chi connectivity index (χ4n) is 4.68. The second-order valence-electron chi connectivity index (χ2n) is 7.94. The van der Waals surface area contributed by atoms with Gasteiger partial charge < -0.3 is 9.47 Å². The van der Waals surface area contributed by atoms with Crippen molar-refractivity contribution in [2.45, 2.75) is 44.3 Å². The fraction of sp³-hybridized carbons (Fsp3) is 0.667. The standard InChI is InChI=1S/C21H32N6O2/c1-28-16-15-27-21(22-23-24-27)20(17-7-9-19(29-2)10-8-17)26-13-11-25(12-14-26)18-5-3-4-6-18/h7-10,18,20H,3-6,11-16H2,1-2H3. The van der Waals surface area contributed by atoms with Crippen LogP contribution >= 0.6 is 0 Å². The van der Waals surface area contributed by atoms with Crippen molar-refractivity contribution in [2.75, 3.05) is 47.0 Å². The summed E-state index contributed by atoms with van der Waals surface area (Å²) in [6, 6.07) is 9.09. The van der Waals surface area contributed by atoms with E-state index in [1.165, 1.54) is 31.2 Å². The molecule has 4 rings (SSSR count). The van der Waals surface area contributed by atoms with Crippen LogP contribution in [0.1, 0.15) is 43.1 Å². The molecule has 1 atom stereocenters. The van der Waals surface area contributed by atoms with Gasteiger partial charge >= 0.3 is 0 Å². The van der Waals surface area contributed by atoms with Gasteiger partial charge in [-0.15, -0.1) is 5.10 Å². The maximum Gasteiger partial charge on any atom is 0.173 e. The molecule has 2 aromatic rings. The molecule has 29 heavy (non-hydrogen) atoms. The van der Waals surface area contributed by atoms with E-state index in [0.717, 1.165) is 43.8 Å². The molecule has 1 unspecified atom stereocenters. The summed E-state index contributed by atoms with van der Waals surface area (Å²) < 4.78 is 12.5. The van der Waals surface area contributed by atoms with Crippen molar-refractivity contribution in [3.05, 3.63) is 35.7 Å². The van der Waals surface area contributed by atoms with Gasteiger partial charge in [-0.2, -0.15) is 0 Å². The molecule has 1 saturated carbocycles. The van der Waals surface area contributed by atoms with Gasteiger partial charge in [0.25, 0.3) is 0 Å². The zero-order valence-electron chi connectivity index (χ0n) is 17.5. The molecule has 0 bridgehead atoms. The Balaban J connectivity index is 1.56. The van der Waals surface area contributed by atoms with E-state index >= 15 is 0 Å². The number of hydrogen-bond donors (Lipinski definition) is 0. The summed E-state index contributed by atoms with van der Waals surface area (Å²) in [5, 5.41) is 12.6. The van der Waals surface area contributed by atoms with E-state index in [0.29, 0.717) is 13.2 Å². The van der Waals surface area contributed by atoms with E-state index < -0.39 is 0 Å². The summed E-state index contributed by atoms with van der Waals surface area (Å²) in [4.78, 5) is 5.20. The van der Waals surface area contributed by atoms with Crippen LogP contribution in [-0.2, 0) is 11.3 Å². The molecule has 1 aliphatic heterocycles. The second-order valence-corrected chi connectivity index (χ2v) is 7.94. The van der Waals surface area contributed by atoms with Gasteiger partial charge in [0.05, 0.1) is 26.3 Å². The zero-order valence-corrected chi connectivity index (χ0v) is 17.5. The molecule has 1 saturated heterocycles. The Labute approximate surface area is 172 Å². The van der Waals surface area contributed by atoms with E-state index in [1.807, 2.05) is 16.8 Å².